The normalized spacial score (nSPS) is 15.2. The number of carbonyl (C=O) groups excluding carboxylic acids is 1. The van der Waals surface area contributed by atoms with Crippen LogP contribution in [0.3, 0.4) is 0 Å². The van der Waals surface area contributed by atoms with E-state index >= 15 is 0 Å². The summed E-state index contributed by atoms with van der Waals surface area (Å²) in [5.74, 6) is 1.71. The van der Waals surface area contributed by atoms with Crippen LogP contribution in [0.1, 0.15) is 0 Å². The molecule has 1 N–H and O–H groups in total. The first-order valence-corrected chi connectivity index (χ1v) is 6.67. The highest BCUT2D eigenvalue weighted by atomic mass is 35.5. The predicted molar refractivity (Wildman–Crippen MR) is 69.5 cm³/mol. The molecular formula is C10H10Cl2N2OS. The summed E-state index contributed by atoms with van der Waals surface area (Å²) >= 11 is 13.6. The second kappa shape index (κ2) is 5.17. The number of hydrogen-bond donors (Lipinski definition) is 1. The second-order valence-corrected chi connectivity index (χ2v) is 5.19. The molecule has 2 rings (SSSR count). The molecule has 1 heterocycles. The minimum absolute atomic E-state index is 0.130. The first-order valence-electron chi connectivity index (χ1n) is 4.76. The van der Waals surface area contributed by atoms with Crippen molar-refractivity contribution >= 4 is 46.7 Å². The Hall–Kier alpha value is -0.580. The van der Waals surface area contributed by atoms with Gasteiger partial charge in [-0.05, 0) is 12.1 Å². The zero-order valence-corrected chi connectivity index (χ0v) is 10.7. The van der Waals surface area contributed by atoms with E-state index in [1.807, 2.05) is 0 Å². The van der Waals surface area contributed by atoms with E-state index in [2.05, 4.69) is 5.32 Å². The van der Waals surface area contributed by atoms with Crippen LogP contribution in [0.5, 0.6) is 0 Å². The third kappa shape index (κ3) is 2.56. The number of benzene rings is 1. The number of carbonyl (C=O) groups is 1. The van der Waals surface area contributed by atoms with Crippen molar-refractivity contribution in [2.45, 2.75) is 0 Å². The van der Waals surface area contributed by atoms with Crippen LogP contribution in [0.2, 0.25) is 10.0 Å². The summed E-state index contributed by atoms with van der Waals surface area (Å²) in [6.45, 7) is 0.773. The smallest absolute Gasteiger partial charge is 0.314 e. The Balaban J connectivity index is 2.08. The van der Waals surface area contributed by atoms with E-state index in [4.69, 9.17) is 23.2 Å². The molecule has 1 aromatic rings. The van der Waals surface area contributed by atoms with Crippen LogP contribution in [-0.2, 0) is 0 Å². The van der Waals surface area contributed by atoms with E-state index < -0.39 is 0 Å². The van der Waals surface area contributed by atoms with E-state index in [9.17, 15) is 4.79 Å². The summed E-state index contributed by atoms with van der Waals surface area (Å²) in [5, 5.41) is 3.57. The molecule has 2 amide bonds. The molecule has 1 aliphatic heterocycles. The molecule has 1 fully saturated rings. The van der Waals surface area contributed by atoms with Crippen molar-refractivity contribution in [2.24, 2.45) is 0 Å². The molecule has 86 valence electrons. The number of halogens is 2. The molecule has 0 unspecified atom stereocenters. The van der Waals surface area contributed by atoms with E-state index in [-0.39, 0.29) is 6.03 Å². The van der Waals surface area contributed by atoms with E-state index in [1.54, 1.807) is 34.9 Å². The molecule has 1 aromatic carbocycles. The van der Waals surface area contributed by atoms with Gasteiger partial charge in [0.15, 0.2) is 0 Å². The summed E-state index contributed by atoms with van der Waals surface area (Å²) in [6, 6.07) is 5.04. The van der Waals surface area contributed by atoms with Gasteiger partial charge in [0.2, 0.25) is 0 Å². The van der Waals surface area contributed by atoms with Crippen LogP contribution >= 0.6 is 35.0 Å². The van der Waals surface area contributed by atoms with Gasteiger partial charge < -0.3 is 10.2 Å². The molecule has 0 radical (unpaired) electrons. The van der Waals surface area contributed by atoms with Gasteiger partial charge in [0, 0.05) is 12.3 Å². The third-order valence-corrected chi connectivity index (χ3v) is 4.02. The summed E-state index contributed by atoms with van der Waals surface area (Å²) < 4.78 is 0. The minimum atomic E-state index is -0.130. The maximum atomic E-state index is 11.8. The summed E-state index contributed by atoms with van der Waals surface area (Å²) in [5.41, 5.74) is 0.552. The molecule has 0 aromatic heterocycles. The maximum absolute atomic E-state index is 11.8. The van der Waals surface area contributed by atoms with E-state index in [0.717, 1.165) is 18.2 Å². The van der Waals surface area contributed by atoms with Crippen LogP contribution in [0.15, 0.2) is 18.2 Å². The van der Waals surface area contributed by atoms with Crippen molar-refractivity contribution in [1.29, 1.82) is 0 Å². The first kappa shape index (κ1) is 11.9. The Morgan fingerprint density at radius 2 is 2.25 bits per heavy atom. The lowest BCUT2D eigenvalue weighted by Gasteiger charge is -2.16. The fourth-order valence-electron chi connectivity index (χ4n) is 1.37. The fraction of sp³-hybridized carbons (Fsp3) is 0.300. The van der Waals surface area contributed by atoms with Gasteiger partial charge in [0.05, 0.1) is 21.6 Å². The van der Waals surface area contributed by atoms with Crippen LogP contribution in [0.25, 0.3) is 0 Å². The van der Waals surface area contributed by atoms with Gasteiger partial charge in [-0.25, -0.2) is 4.79 Å². The Morgan fingerprint density at radius 1 is 1.44 bits per heavy atom. The molecule has 6 heteroatoms. The Morgan fingerprint density at radius 3 is 2.94 bits per heavy atom. The van der Waals surface area contributed by atoms with Crippen molar-refractivity contribution in [3.63, 3.8) is 0 Å². The highest BCUT2D eigenvalue weighted by molar-refractivity contribution is 7.99. The molecule has 16 heavy (non-hydrogen) atoms. The molecule has 1 aliphatic rings. The second-order valence-electron chi connectivity index (χ2n) is 3.33. The van der Waals surface area contributed by atoms with Crippen molar-refractivity contribution in [3.05, 3.63) is 28.2 Å². The molecule has 0 atom stereocenters. The average Bonchev–Trinajstić information content (AvgIpc) is 2.78. The summed E-state index contributed by atoms with van der Waals surface area (Å²) in [6.07, 6.45) is 0. The lowest BCUT2D eigenvalue weighted by Crippen LogP contribution is -2.32. The number of anilines is 1. The highest BCUT2D eigenvalue weighted by Crippen LogP contribution is 2.29. The maximum Gasteiger partial charge on any atom is 0.322 e. The standard InChI is InChI=1S/C10H10Cl2N2OS/c11-7-2-1-3-8(9(7)12)13-10(15)14-4-5-16-6-14/h1-3H,4-6H2,(H,13,15). The Labute approximate surface area is 108 Å². The van der Waals surface area contributed by atoms with Gasteiger partial charge >= 0.3 is 6.03 Å². The molecule has 0 saturated carbocycles. The lowest BCUT2D eigenvalue weighted by atomic mass is 10.3. The SMILES string of the molecule is O=C(Nc1cccc(Cl)c1Cl)N1CCSC1. The monoisotopic (exact) mass is 276 g/mol. The van der Waals surface area contributed by atoms with E-state index in [0.29, 0.717) is 15.7 Å². The fourth-order valence-corrected chi connectivity index (χ4v) is 2.66. The molecule has 0 spiro atoms. The molecular weight excluding hydrogens is 267 g/mol. The number of nitrogens with one attached hydrogen (secondary N) is 1. The van der Waals surface area contributed by atoms with Crippen LogP contribution in [0, 0.1) is 0 Å². The Kier molecular flexibility index (Phi) is 3.84. The zero-order valence-electron chi connectivity index (χ0n) is 8.37. The van der Waals surface area contributed by atoms with Gasteiger partial charge in [0.25, 0.3) is 0 Å². The number of urea groups is 1. The first-order chi connectivity index (χ1) is 7.68. The summed E-state index contributed by atoms with van der Waals surface area (Å²) in [7, 11) is 0. The largest absolute Gasteiger partial charge is 0.322 e. The van der Waals surface area contributed by atoms with Crippen LogP contribution in [0.4, 0.5) is 10.5 Å². The van der Waals surface area contributed by atoms with E-state index in [1.165, 1.54) is 0 Å². The number of nitrogens with zero attached hydrogens (tertiary/aromatic N) is 1. The van der Waals surface area contributed by atoms with Crippen molar-refractivity contribution in [1.82, 2.24) is 4.90 Å². The van der Waals surface area contributed by atoms with Crippen molar-refractivity contribution in [3.8, 4) is 0 Å². The predicted octanol–water partition coefficient (Wildman–Crippen LogP) is 3.53. The average molecular weight is 277 g/mol. The van der Waals surface area contributed by atoms with Gasteiger partial charge in [-0.3, -0.25) is 0 Å². The van der Waals surface area contributed by atoms with Crippen LogP contribution < -0.4 is 5.32 Å². The van der Waals surface area contributed by atoms with Crippen molar-refractivity contribution in [2.75, 3.05) is 23.5 Å². The molecule has 0 aliphatic carbocycles. The minimum Gasteiger partial charge on any atom is -0.314 e. The lowest BCUT2D eigenvalue weighted by molar-refractivity contribution is 0.225. The highest BCUT2D eigenvalue weighted by Gasteiger charge is 2.19. The summed E-state index contributed by atoms with van der Waals surface area (Å²) in [4.78, 5) is 13.5. The van der Waals surface area contributed by atoms with Crippen LogP contribution in [-0.4, -0.2) is 29.1 Å². The number of thioether (sulfide) groups is 1. The van der Waals surface area contributed by atoms with Gasteiger partial charge in [0.1, 0.15) is 0 Å². The van der Waals surface area contributed by atoms with Gasteiger partial charge in [-0.2, -0.15) is 0 Å². The molecule has 0 bridgehead atoms. The number of rotatable bonds is 1. The third-order valence-electron chi connectivity index (χ3n) is 2.23. The van der Waals surface area contributed by atoms with Gasteiger partial charge in [-0.15, -0.1) is 11.8 Å². The molecule has 1 saturated heterocycles. The zero-order chi connectivity index (χ0) is 11.5. The van der Waals surface area contributed by atoms with Gasteiger partial charge in [-0.1, -0.05) is 29.3 Å². The topological polar surface area (TPSA) is 32.3 Å². The van der Waals surface area contributed by atoms with Crippen molar-refractivity contribution < 1.29 is 4.79 Å². The Bertz CT molecular complexity index is 408. The number of hydrogen-bond acceptors (Lipinski definition) is 2. The quantitative estimate of drug-likeness (QED) is 0.851. The number of amides is 2. The molecule has 3 nitrogen and oxygen atoms in total.